The first-order valence-corrected chi connectivity index (χ1v) is 8.86. The molecule has 22 heavy (non-hydrogen) atoms. The van der Waals surface area contributed by atoms with Crippen LogP contribution < -0.4 is 5.32 Å². The summed E-state index contributed by atoms with van der Waals surface area (Å²) >= 11 is 0. The Morgan fingerprint density at radius 3 is 2.55 bits per heavy atom. The highest BCUT2D eigenvalue weighted by atomic mass is 16.7. The summed E-state index contributed by atoms with van der Waals surface area (Å²) in [7, 11) is 0. The smallest absolute Gasteiger partial charge is 0.224 e. The van der Waals surface area contributed by atoms with E-state index in [1.54, 1.807) is 0 Å². The molecule has 1 amide bonds. The summed E-state index contributed by atoms with van der Waals surface area (Å²) in [5.74, 6) is 0.298. The van der Waals surface area contributed by atoms with E-state index in [2.05, 4.69) is 24.1 Å². The standard InChI is InChI=1S/C17H34N2O3/c1-5-9-14(4)18-17(20)15-10-8-11-19(12-15)13-16(21-6-2)22-7-3/h14-16H,5-13H2,1-4H3,(H,18,20)/t14-,15+/m1/s1. The van der Waals surface area contributed by atoms with E-state index in [1.165, 1.54) is 0 Å². The number of rotatable bonds is 10. The molecule has 0 aromatic carbocycles. The lowest BCUT2D eigenvalue weighted by Gasteiger charge is -2.34. The lowest BCUT2D eigenvalue weighted by atomic mass is 9.96. The molecule has 1 heterocycles. The molecule has 0 radical (unpaired) electrons. The maximum Gasteiger partial charge on any atom is 0.224 e. The minimum absolute atomic E-state index is 0.0944. The zero-order chi connectivity index (χ0) is 16.4. The quantitative estimate of drug-likeness (QED) is 0.629. The van der Waals surface area contributed by atoms with Crippen molar-refractivity contribution in [2.75, 3.05) is 32.8 Å². The van der Waals surface area contributed by atoms with Crippen molar-refractivity contribution in [2.45, 2.75) is 65.7 Å². The average Bonchev–Trinajstić information content (AvgIpc) is 2.48. The normalized spacial score (nSPS) is 21.0. The Hall–Kier alpha value is -0.650. The lowest BCUT2D eigenvalue weighted by molar-refractivity contribution is -0.151. The molecule has 5 nitrogen and oxygen atoms in total. The lowest BCUT2D eigenvalue weighted by Crippen LogP contribution is -2.47. The zero-order valence-corrected chi connectivity index (χ0v) is 14.8. The van der Waals surface area contributed by atoms with Crippen molar-refractivity contribution in [1.82, 2.24) is 10.2 Å². The van der Waals surface area contributed by atoms with Gasteiger partial charge in [0.15, 0.2) is 6.29 Å². The Kier molecular flexibility index (Phi) is 9.68. The first kappa shape index (κ1) is 19.4. The largest absolute Gasteiger partial charge is 0.353 e. The van der Waals surface area contributed by atoms with E-state index in [1.807, 2.05) is 13.8 Å². The van der Waals surface area contributed by atoms with Crippen LogP contribution in [0.3, 0.4) is 0 Å². The molecule has 5 heteroatoms. The molecule has 2 atom stereocenters. The Labute approximate surface area is 135 Å². The van der Waals surface area contributed by atoms with Gasteiger partial charge in [-0.2, -0.15) is 0 Å². The van der Waals surface area contributed by atoms with E-state index in [0.29, 0.717) is 13.2 Å². The van der Waals surface area contributed by atoms with Gasteiger partial charge in [-0.25, -0.2) is 0 Å². The zero-order valence-electron chi connectivity index (χ0n) is 14.8. The molecule has 1 saturated heterocycles. The van der Waals surface area contributed by atoms with Crippen LogP contribution in [0.5, 0.6) is 0 Å². The first-order chi connectivity index (χ1) is 10.6. The van der Waals surface area contributed by atoms with Gasteiger partial charge in [0.05, 0.1) is 5.92 Å². The number of ether oxygens (including phenoxy) is 2. The van der Waals surface area contributed by atoms with Gasteiger partial charge in [-0.1, -0.05) is 13.3 Å². The van der Waals surface area contributed by atoms with E-state index in [0.717, 1.165) is 45.3 Å². The van der Waals surface area contributed by atoms with Gasteiger partial charge in [0.25, 0.3) is 0 Å². The molecular weight excluding hydrogens is 280 g/mol. The van der Waals surface area contributed by atoms with Crippen LogP contribution in [-0.4, -0.2) is 56.0 Å². The van der Waals surface area contributed by atoms with E-state index in [9.17, 15) is 4.79 Å². The highest BCUT2D eigenvalue weighted by Gasteiger charge is 2.27. The first-order valence-electron chi connectivity index (χ1n) is 8.86. The SMILES string of the molecule is CCC[C@@H](C)NC(=O)[C@H]1CCCN(CC(OCC)OCC)C1. The monoisotopic (exact) mass is 314 g/mol. The third-order valence-corrected chi connectivity index (χ3v) is 4.10. The molecule has 0 aromatic rings. The Bertz CT molecular complexity index is 306. The van der Waals surface area contributed by atoms with Crippen LogP contribution >= 0.6 is 0 Å². The summed E-state index contributed by atoms with van der Waals surface area (Å²) in [5, 5.41) is 3.15. The van der Waals surface area contributed by atoms with Crippen molar-refractivity contribution in [3.8, 4) is 0 Å². The van der Waals surface area contributed by atoms with Crippen molar-refractivity contribution in [3.63, 3.8) is 0 Å². The van der Waals surface area contributed by atoms with Gasteiger partial charge in [0.2, 0.25) is 5.91 Å². The van der Waals surface area contributed by atoms with Crippen LogP contribution in [0.1, 0.15) is 53.4 Å². The number of piperidine rings is 1. The Balaban J connectivity index is 2.44. The molecule has 0 bridgehead atoms. The molecule has 1 aliphatic rings. The number of amides is 1. The topological polar surface area (TPSA) is 50.8 Å². The van der Waals surface area contributed by atoms with Crippen molar-refractivity contribution in [1.29, 1.82) is 0 Å². The van der Waals surface area contributed by atoms with Crippen molar-refractivity contribution < 1.29 is 14.3 Å². The number of hydrogen-bond donors (Lipinski definition) is 1. The summed E-state index contributed by atoms with van der Waals surface area (Å²) < 4.78 is 11.2. The fraction of sp³-hybridized carbons (Fsp3) is 0.941. The molecule has 0 unspecified atom stereocenters. The van der Waals surface area contributed by atoms with Gasteiger partial charge in [0.1, 0.15) is 0 Å². The van der Waals surface area contributed by atoms with Crippen LogP contribution in [0, 0.1) is 5.92 Å². The number of nitrogens with one attached hydrogen (secondary N) is 1. The van der Waals surface area contributed by atoms with E-state index in [-0.39, 0.29) is 24.2 Å². The average molecular weight is 314 g/mol. The fourth-order valence-electron chi connectivity index (χ4n) is 3.04. The molecule has 0 saturated carbocycles. The van der Waals surface area contributed by atoms with E-state index < -0.39 is 0 Å². The minimum atomic E-state index is -0.184. The Morgan fingerprint density at radius 2 is 1.95 bits per heavy atom. The molecule has 1 fully saturated rings. The van der Waals surface area contributed by atoms with Gasteiger partial charge in [-0.05, 0) is 46.6 Å². The van der Waals surface area contributed by atoms with Crippen LogP contribution in [0.15, 0.2) is 0 Å². The van der Waals surface area contributed by atoms with Gasteiger partial charge in [0, 0.05) is 32.3 Å². The van der Waals surface area contributed by atoms with Gasteiger partial charge in [-0.3, -0.25) is 9.69 Å². The molecule has 0 aliphatic carbocycles. The van der Waals surface area contributed by atoms with Gasteiger partial charge < -0.3 is 14.8 Å². The van der Waals surface area contributed by atoms with Crippen molar-refractivity contribution in [2.24, 2.45) is 5.92 Å². The van der Waals surface area contributed by atoms with Crippen molar-refractivity contribution >= 4 is 5.91 Å². The molecule has 130 valence electrons. The summed E-state index contributed by atoms with van der Waals surface area (Å²) in [6, 6.07) is 0.271. The number of hydrogen-bond acceptors (Lipinski definition) is 4. The highest BCUT2D eigenvalue weighted by Crippen LogP contribution is 2.18. The summed E-state index contributed by atoms with van der Waals surface area (Å²) in [5.41, 5.74) is 0. The van der Waals surface area contributed by atoms with Crippen LogP contribution in [0.4, 0.5) is 0 Å². The van der Waals surface area contributed by atoms with Crippen LogP contribution in [-0.2, 0) is 14.3 Å². The third-order valence-electron chi connectivity index (χ3n) is 4.10. The summed E-state index contributed by atoms with van der Waals surface area (Å²) in [4.78, 5) is 14.7. The maximum absolute atomic E-state index is 12.4. The van der Waals surface area contributed by atoms with Crippen LogP contribution in [0.25, 0.3) is 0 Å². The van der Waals surface area contributed by atoms with Crippen molar-refractivity contribution in [3.05, 3.63) is 0 Å². The Morgan fingerprint density at radius 1 is 1.27 bits per heavy atom. The van der Waals surface area contributed by atoms with E-state index in [4.69, 9.17) is 9.47 Å². The highest BCUT2D eigenvalue weighted by molar-refractivity contribution is 5.79. The second-order valence-electron chi connectivity index (χ2n) is 6.14. The number of likely N-dealkylation sites (tertiary alicyclic amines) is 1. The number of nitrogens with zero attached hydrogens (tertiary/aromatic N) is 1. The minimum Gasteiger partial charge on any atom is -0.353 e. The third kappa shape index (κ3) is 7.07. The predicted octanol–water partition coefficient (Wildman–Crippen LogP) is 2.40. The fourth-order valence-corrected chi connectivity index (χ4v) is 3.04. The molecule has 0 aromatic heterocycles. The maximum atomic E-state index is 12.4. The number of carbonyl (C=O) groups is 1. The molecule has 1 rings (SSSR count). The van der Waals surface area contributed by atoms with Gasteiger partial charge >= 0.3 is 0 Å². The van der Waals surface area contributed by atoms with Crippen LogP contribution in [0.2, 0.25) is 0 Å². The van der Waals surface area contributed by atoms with E-state index >= 15 is 0 Å². The number of carbonyl (C=O) groups excluding carboxylic acids is 1. The molecule has 1 aliphatic heterocycles. The van der Waals surface area contributed by atoms with Gasteiger partial charge in [-0.15, -0.1) is 0 Å². The summed E-state index contributed by atoms with van der Waals surface area (Å²) in [6.07, 6.45) is 4.00. The predicted molar refractivity (Wildman–Crippen MR) is 88.7 cm³/mol. The second-order valence-corrected chi connectivity index (χ2v) is 6.14. The summed E-state index contributed by atoms with van der Waals surface area (Å²) in [6.45, 7) is 12.1. The molecular formula is C17H34N2O3. The molecule has 1 N–H and O–H groups in total. The second kappa shape index (κ2) is 11.0. The molecule has 0 spiro atoms.